The van der Waals surface area contributed by atoms with Crippen molar-refractivity contribution in [3.05, 3.63) is 62.9 Å². The predicted molar refractivity (Wildman–Crippen MR) is 114 cm³/mol. The number of benzene rings is 1. The van der Waals surface area contributed by atoms with Gasteiger partial charge in [0.25, 0.3) is 0 Å². The lowest BCUT2D eigenvalue weighted by Gasteiger charge is -2.15. The van der Waals surface area contributed by atoms with Crippen LogP contribution >= 0.6 is 22.9 Å². The fourth-order valence-corrected chi connectivity index (χ4v) is 5.59. The van der Waals surface area contributed by atoms with Crippen molar-refractivity contribution in [2.24, 2.45) is 0 Å². The van der Waals surface area contributed by atoms with Crippen LogP contribution in [-0.4, -0.2) is 16.7 Å². The minimum Gasteiger partial charge on any atom is -0.481 e. The summed E-state index contributed by atoms with van der Waals surface area (Å²) in [5, 5.41) is 8.39. The summed E-state index contributed by atoms with van der Waals surface area (Å²) in [4.78, 5) is 5.75. The van der Waals surface area contributed by atoms with Crippen LogP contribution in [0, 0.1) is 6.92 Å². The number of nitrogens with zero attached hydrogens (tertiary/aromatic N) is 2. The van der Waals surface area contributed by atoms with Crippen LogP contribution in [0.3, 0.4) is 0 Å². The highest BCUT2D eigenvalue weighted by Gasteiger charge is 2.34. The van der Waals surface area contributed by atoms with Gasteiger partial charge in [-0.15, -0.1) is 11.3 Å². The van der Waals surface area contributed by atoms with Crippen LogP contribution in [0.2, 0.25) is 5.02 Å². The van der Waals surface area contributed by atoms with Gasteiger partial charge in [0.1, 0.15) is 5.75 Å². The second-order valence-corrected chi connectivity index (χ2v) is 9.27. The van der Waals surface area contributed by atoms with Gasteiger partial charge in [-0.2, -0.15) is 0 Å². The third kappa shape index (κ3) is 2.78. The highest BCUT2D eigenvalue weighted by molar-refractivity contribution is 7.19. The maximum absolute atomic E-state index is 6.51. The van der Waals surface area contributed by atoms with Crippen molar-refractivity contribution in [2.75, 3.05) is 6.54 Å². The van der Waals surface area contributed by atoms with Crippen LogP contribution in [0.4, 0.5) is 0 Å². The monoisotopic (exact) mass is 423 g/mol. The normalized spacial score (nSPS) is 17.9. The Labute approximate surface area is 176 Å². The third-order valence-corrected chi connectivity index (χ3v) is 6.95. The molecule has 4 aromatic rings. The topological polar surface area (TPSA) is 60.2 Å². The molecular formula is C22H18ClN3O2S. The lowest BCUT2D eigenvalue weighted by Crippen LogP contribution is -2.24. The largest absolute Gasteiger partial charge is 0.481 e. The first-order valence-electron chi connectivity index (χ1n) is 9.70. The summed E-state index contributed by atoms with van der Waals surface area (Å²) in [6.45, 7) is 3.81. The molecule has 0 radical (unpaired) electrons. The van der Waals surface area contributed by atoms with E-state index in [4.69, 9.17) is 20.9 Å². The molecule has 0 unspecified atom stereocenters. The number of ether oxygens (including phenoxy) is 1. The minimum absolute atomic E-state index is 0.180. The van der Waals surface area contributed by atoms with Crippen molar-refractivity contribution in [1.29, 1.82) is 0 Å². The van der Waals surface area contributed by atoms with Crippen LogP contribution in [0.15, 0.2) is 35.0 Å². The van der Waals surface area contributed by atoms with Gasteiger partial charge in [-0.3, -0.25) is 4.98 Å². The van der Waals surface area contributed by atoms with E-state index in [0.717, 1.165) is 75.6 Å². The SMILES string of the molecule is Cc1cc2nccc(-c3cc(Cl)cc4c3O[C@@H](c3onc5c3CNCC5)C4)c2s1. The van der Waals surface area contributed by atoms with E-state index in [1.807, 2.05) is 24.4 Å². The lowest BCUT2D eigenvalue weighted by atomic mass is 9.99. The summed E-state index contributed by atoms with van der Waals surface area (Å²) in [5.41, 5.74) is 6.40. The fourth-order valence-electron chi connectivity index (χ4n) is 4.36. The van der Waals surface area contributed by atoms with Crippen molar-refractivity contribution < 1.29 is 9.26 Å². The summed E-state index contributed by atoms with van der Waals surface area (Å²) in [6.07, 6.45) is 3.29. The van der Waals surface area contributed by atoms with Gasteiger partial charge in [-0.1, -0.05) is 16.8 Å². The Kier molecular flexibility index (Phi) is 3.94. The molecule has 3 aromatic heterocycles. The average molecular weight is 424 g/mol. The Bertz CT molecular complexity index is 1260. The van der Waals surface area contributed by atoms with Crippen LogP contribution < -0.4 is 10.1 Å². The van der Waals surface area contributed by atoms with E-state index < -0.39 is 0 Å². The number of pyridine rings is 1. The Balaban J connectivity index is 1.46. The van der Waals surface area contributed by atoms with Crippen LogP contribution in [-0.2, 0) is 19.4 Å². The molecule has 0 saturated carbocycles. The first-order chi connectivity index (χ1) is 14.2. The van der Waals surface area contributed by atoms with Crippen LogP contribution in [0.1, 0.15) is 33.6 Å². The van der Waals surface area contributed by atoms with E-state index in [-0.39, 0.29) is 6.10 Å². The first kappa shape index (κ1) is 17.4. The molecule has 0 fully saturated rings. The van der Waals surface area contributed by atoms with Gasteiger partial charge in [-0.25, -0.2) is 0 Å². The smallest absolute Gasteiger partial charge is 0.182 e. The number of thiophene rings is 1. The number of aryl methyl sites for hydroxylation is 1. The molecule has 29 heavy (non-hydrogen) atoms. The fraction of sp³-hybridized carbons (Fsp3) is 0.273. The molecule has 0 amide bonds. The predicted octanol–water partition coefficient (Wildman–Crippen LogP) is 5.24. The number of halogens is 1. The maximum atomic E-state index is 6.51. The first-order valence-corrected chi connectivity index (χ1v) is 10.9. The molecule has 6 rings (SSSR count). The van der Waals surface area contributed by atoms with Crippen molar-refractivity contribution in [3.8, 4) is 16.9 Å². The van der Waals surface area contributed by atoms with Gasteiger partial charge < -0.3 is 14.6 Å². The van der Waals surface area contributed by atoms with Gasteiger partial charge in [0.15, 0.2) is 11.9 Å². The molecule has 0 saturated heterocycles. The zero-order chi connectivity index (χ0) is 19.5. The van der Waals surface area contributed by atoms with Crippen molar-refractivity contribution in [1.82, 2.24) is 15.5 Å². The highest BCUT2D eigenvalue weighted by atomic mass is 35.5. The molecule has 146 valence electrons. The number of aromatic nitrogens is 2. The van der Waals surface area contributed by atoms with E-state index in [1.165, 1.54) is 4.88 Å². The van der Waals surface area contributed by atoms with Crippen molar-refractivity contribution in [2.45, 2.75) is 32.4 Å². The molecule has 2 aliphatic heterocycles. The summed E-state index contributed by atoms with van der Waals surface area (Å²) in [6, 6.07) is 8.15. The molecule has 5 nitrogen and oxygen atoms in total. The lowest BCUT2D eigenvalue weighted by molar-refractivity contribution is 0.189. The second-order valence-electron chi connectivity index (χ2n) is 7.58. The Morgan fingerprint density at radius 2 is 2.17 bits per heavy atom. The number of hydrogen-bond acceptors (Lipinski definition) is 6. The molecule has 2 aliphatic rings. The number of nitrogens with one attached hydrogen (secondary N) is 1. The van der Waals surface area contributed by atoms with Gasteiger partial charge >= 0.3 is 0 Å². The van der Waals surface area contributed by atoms with Gasteiger partial charge in [0.05, 0.1) is 15.9 Å². The molecule has 0 aliphatic carbocycles. The Morgan fingerprint density at radius 3 is 3.10 bits per heavy atom. The summed E-state index contributed by atoms with van der Waals surface area (Å²) in [5.74, 6) is 1.71. The van der Waals surface area contributed by atoms with Crippen molar-refractivity contribution in [3.63, 3.8) is 0 Å². The van der Waals surface area contributed by atoms with E-state index in [2.05, 4.69) is 28.4 Å². The number of rotatable bonds is 2. The van der Waals surface area contributed by atoms with Crippen LogP contribution in [0.25, 0.3) is 21.3 Å². The molecule has 5 heterocycles. The van der Waals surface area contributed by atoms with E-state index >= 15 is 0 Å². The van der Waals surface area contributed by atoms with Gasteiger partial charge in [-0.05, 0) is 31.2 Å². The molecule has 1 atom stereocenters. The van der Waals surface area contributed by atoms with Gasteiger partial charge in [0, 0.05) is 64.3 Å². The minimum atomic E-state index is -0.180. The summed E-state index contributed by atoms with van der Waals surface area (Å²) in [7, 11) is 0. The quantitative estimate of drug-likeness (QED) is 0.478. The standard InChI is InChI=1S/C22H18ClN3O2S/c1-11-6-18-22(29-11)14(2-5-25-18)15-9-13(23)7-12-8-19(27-20(12)15)21-16-10-24-4-3-17(16)26-28-21/h2,5-7,9,19,24H,3-4,8,10H2,1H3/t19-/m1/s1. The Hall–Kier alpha value is -2.41. The molecule has 1 aromatic carbocycles. The zero-order valence-corrected chi connectivity index (χ0v) is 17.4. The third-order valence-electron chi connectivity index (χ3n) is 5.65. The molecule has 0 spiro atoms. The number of hydrogen-bond donors (Lipinski definition) is 1. The second kappa shape index (κ2) is 6.55. The van der Waals surface area contributed by atoms with E-state index in [0.29, 0.717) is 5.02 Å². The summed E-state index contributed by atoms with van der Waals surface area (Å²) >= 11 is 8.25. The molecular weight excluding hydrogens is 406 g/mol. The Morgan fingerprint density at radius 1 is 1.24 bits per heavy atom. The molecule has 7 heteroatoms. The van der Waals surface area contributed by atoms with E-state index in [1.54, 1.807) is 11.3 Å². The molecule has 0 bridgehead atoms. The summed E-state index contributed by atoms with van der Waals surface area (Å²) < 4.78 is 13.4. The zero-order valence-electron chi connectivity index (χ0n) is 15.8. The highest BCUT2D eigenvalue weighted by Crippen LogP contribution is 2.47. The molecule has 1 N–H and O–H groups in total. The maximum Gasteiger partial charge on any atom is 0.182 e. The van der Waals surface area contributed by atoms with Crippen molar-refractivity contribution >= 4 is 33.2 Å². The van der Waals surface area contributed by atoms with Gasteiger partial charge in [0.2, 0.25) is 0 Å². The van der Waals surface area contributed by atoms with Crippen LogP contribution in [0.5, 0.6) is 5.75 Å². The van der Waals surface area contributed by atoms with E-state index in [9.17, 15) is 0 Å². The average Bonchev–Trinajstić information content (AvgIpc) is 3.41. The number of fused-ring (bicyclic) bond motifs is 3.